The molecule has 1 aromatic rings. The molecule has 6 nitrogen and oxygen atoms in total. The normalized spacial score (nSPS) is 25.0. The van der Waals surface area contributed by atoms with Gasteiger partial charge in [0.15, 0.2) is 5.76 Å². The van der Waals surface area contributed by atoms with Gasteiger partial charge < -0.3 is 19.5 Å². The summed E-state index contributed by atoms with van der Waals surface area (Å²) in [6.07, 6.45) is 4.50. The SMILES string of the molecule is CC(=O)NCc1ccc(C(=O)N2CCC[C@@H]2[C@@H]2CCCN2C)o1. The number of likely N-dealkylation sites (N-methyl/N-ethyl adjacent to an activating group) is 1. The van der Waals surface area contributed by atoms with E-state index >= 15 is 0 Å². The molecule has 0 unspecified atom stereocenters. The number of hydrogen-bond donors (Lipinski definition) is 1. The highest BCUT2D eigenvalue weighted by molar-refractivity contribution is 5.92. The number of rotatable bonds is 4. The van der Waals surface area contributed by atoms with Crippen molar-refractivity contribution in [2.75, 3.05) is 20.1 Å². The minimum atomic E-state index is -0.113. The maximum absolute atomic E-state index is 12.8. The Balaban J connectivity index is 1.68. The number of carbonyl (C=O) groups is 2. The fourth-order valence-electron chi connectivity index (χ4n) is 3.81. The first-order valence-corrected chi connectivity index (χ1v) is 8.40. The van der Waals surface area contributed by atoms with Crippen LogP contribution in [0.25, 0.3) is 0 Å². The van der Waals surface area contributed by atoms with Crippen molar-refractivity contribution in [2.24, 2.45) is 0 Å². The number of amides is 2. The first-order chi connectivity index (χ1) is 11.1. The molecular formula is C17H25N3O3. The van der Waals surface area contributed by atoms with Crippen molar-refractivity contribution in [2.45, 2.75) is 51.2 Å². The number of nitrogens with zero attached hydrogens (tertiary/aromatic N) is 2. The third-order valence-electron chi connectivity index (χ3n) is 4.97. The molecule has 0 bridgehead atoms. The van der Waals surface area contributed by atoms with Crippen molar-refractivity contribution in [3.63, 3.8) is 0 Å². The number of likely N-dealkylation sites (tertiary alicyclic amines) is 2. The number of nitrogens with one attached hydrogen (secondary N) is 1. The monoisotopic (exact) mass is 319 g/mol. The lowest BCUT2D eigenvalue weighted by atomic mass is 10.0. The molecular weight excluding hydrogens is 294 g/mol. The second-order valence-electron chi connectivity index (χ2n) is 6.57. The van der Waals surface area contributed by atoms with Crippen molar-refractivity contribution < 1.29 is 14.0 Å². The molecule has 1 N–H and O–H groups in total. The van der Waals surface area contributed by atoms with E-state index in [0.29, 0.717) is 30.1 Å². The van der Waals surface area contributed by atoms with Crippen LogP contribution in [0, 0.1) is 0 Å². The Bertz CT molecular complexity index is 583. The minimum absolute atomic E-state index is 0.0260. The van der Waals surface area contributed by atoms with Crippen molar-refractivity contribution in [3.8, 4) is 0 Å². The zero-order valence-electron chi connectivity index (χ0n) is 13.9. The maximum atomic E-state index is 12.8. The Kier molecular flexibility index (Phi) is 4.71. The van der Waals surface area contributed by atoms with Crippen LogP contribution in [-0.4, -0.2) is 53.8 Å². The topological polar surface area (TPSA) is 65.8 Å². The fourth-order valence-corrected chi connectivity index (χ4v) is 3.81. The van der Waals surface area contributed by atoms with Crippen LogP contribution in [0.5, 0.6) is 0 Å². The second kappa shape index (κ2) is 6.74. The van der Waals surface area contributed by atoms with Gasteiger partial charge in [-0.1, -0.05) is 0 Å². The molecule has 1 aromatic heterocycles. The molecule has 2 aliphatic heterocycles. The lowest BCUT2D eigenvalue weighted by Gasteiger charge is -2.32. The van der Waals surface area contributed by atoms with Gasteiger partial charge in [0.1, 0.15) is 5.76 Å². The average molecular weight is 319 g/mol. The number of carbonyl (C=O) groups excluding carboxylic acids is 2. The maximum Gasteiger partial charge on any atom is 0.289 e. The van der Waals surface area contributed by atoms with Crippen LogP contribution in [-0.2, 0) is 11.3 Å². The smallest absolute Gasteiger partial charge is 0.289 e. The predicted molar refractivity (Wildman–Crippen MR) is 85.9 cm³/mol. The van der Waals surface area contributed by atoms with Gasteiger partial charge in [0.25, 0.3) is 5.91 Å². The van der Waals surface area contributed by atoms with E-state index in [1.807, 2.05) is 4.90 Å². The zero-order chi connectivity index (χ0) is 16.4. The van der Waals surface area contributed by atoms with Gasteiger partial charge in [0.05, 0.1) is 6.54 Å². The highest BCUT2D eigenvalue weighted by atomic mass is 16.4. The Morgan fingerprint density at radius 2 is 1.96 bits per heavy atom. The van der Waals surface area contributed by atoms with E-state index < -0.39 is 0 Å². The van der Waals surface area contributed by atoms with Crippen LogP contribution < -0.4 is 5.32 Å². The average Bonchev–Trinajstić information content (AvgIpc) is 3.24. The fraction of sp³-hybridized carbons (Fsp3) is 0.647. The van der Waals surface area contributed by atoms with Crippen molar-refractivity contribution >= 4 is 11.8 Å². The summed E-state index contributed by atoms with van der Waals surface area (Å²) in [6, 6.07) is 4.23. The van der Waals surface area contributed by atoms with Gasteiger partial charge in [-0.15, -0.1) is 0 Å². The molecule has 0 aliphatic carbocycles. The van der Waals surface area contributed by atoms with Crippen molar-refractivity contribution in [1.82, 2.24) is 15.1 Å². The molecule has 0 radical (unpaired) electrons. The molecule has 0 saturated carbocycles. The summed E-state index contributed by atoms with van der Waals surface area (Å²) in [5, 5.41) is 2.68. The van der Waals surface area contributed by atoms with Gasteiger partial charge >= 0.3 is 0 Å². The first kappa shape index (κ1) is 16.1. The largest absolute Gasteiger partial charge is 0.454 e. The predicted octanol–water partition coefficient (Wildman–Crippen LogP) is 1.61. The Morgan fingerprint density at radius 3 is 2.65 bits per heavy atom. The summed E-state index contributed by atoms with van der Waals surface area (Å²) in [7, 11) is 2.15. The van der Waals surface area contributed by atoms with Crippen molar-refractivity contribution in [3.05, 3.63) is 23.7 Å². The van der Waals surface area contributed by atoms with Crippen LogP contribution in [0.3, 0.4) is 0 Å². The van der Waals surface area contributed by atoms with Gasteiger partial charge in [-0.25, -0.2) is 0 Å². The van der Waals surface area contributed by atoms with E-state index in [2.05, 4.69) is 17.3 Å². The summed E-state index contributed by atoms with van der Waals surface area (Å²) in [4.78, 5) is 28.1. The third kappa shape index (κ3) is 3.42. The van der Waals surface area contributed by atoms with Crippen LogP contribution in [0.2, 0.25) is 0 Å². The van der Waals surface area contributed by atoms with Crippen LogP contribution >= 0.6 is 0 Å². The second-order valence-corrected chi connectivity index (χ2v) is 6.57. The standard InChI is InChI=1S/C17H25N3O3/c1-12(21)18-11-13-7-8-16(23-13)17(22)20-10-4-6-15(20)14-5-3-9-19(14)2/h7-8,14-15H,3-6,9-11H2,1-2H3,(H,18,21)/t14-,15+/m0/s1. The zero-order valence-corrected chi connectivity index (χ0v) is 13.9. The van der Waals surface area contributed by atoms with E-state index in [0.717, 1.165) is 32.4 Å². The molecule has 23 heavy (non-hydrogen) atoms. The van der Waals surface area contributed by atoms with E-state index in [-0.39, 0.29) is 11.8 Å². The molecule has 0 aromatic carbocycles. The minimum Gasteiger partial charge on any atom is -0.454 e. The summed E-state index contributed by atoms with van der Waals surface area (Å²) in [5.74, 6) is 0.843. The third-order valence-corrected chi connectivity index (χ3v) is 4.97. The summed E-state index contributed by atoms with van der Waals surface area (Å²) in [6.45, 7) is 3.69. The quantitative estimate of drug-likeness (QED) is 0.916. The molecule has 2 aliphatic rings. The summed E-state index contributed by atoms with van der Waals surface area (Å²) >= 11 is 0. The Labute approximate surface area is 136 Å². The number of hydrogen-bond acceptors (Lipinski definition) is 4. The molecule has 2 atom stereocenters. The molecule has 2 saturated heterocycles. The molecule has 2 amide bonds. The highest BCUT2D eigenvalue weighted by Crippen LogP contribution is 2.30. The van der Waals surface area contributed by atoms with E-state index in [4.69, 9.17) is 4.42 Å². The Morgan fingerprint density at radius 1 is 1.22 bits per heavy atom. The lowest BCUT2D eigenvalue weighted by Crippen LogP contribution is -2.47. The van der Waals surface area contributed by atoms with Crippen LogP contribution in [0.4, 0.5) is 0 Å². The van der Waals surface area contributed by atoms with Gasteiger partial charge in [0, 0.05) is 25.6 Å². The Hall–Kier alpha value is -1.82. The van der Waals surface area contributed by atoms with Crippen molar-refractivity contribution in [1.29, 1.82) is 0 Å². The molecule has 3 rings (SSSR count). The van der Waals surface area contributed by atoms with Gasteiger partial charge in [0.2, 0.25) is 5.91 Å². The molecule has 2 fully saturated rings. The van der Waals surface area contributed by atoms with Gasteiger partial charge in [-0.2, -0.15) is 0 Å². The highest BCUT2D eigenvalue weighted by Gasteiger charge is 2.39. The van der Waals surface area contributed by atoms with Crippen LogP contribution in [0.1, 0.15) is 48.9 Å². The molecule has 0 spiro atoms. The van der Waals surface area contributed by atoms with Gasteiger partial charge in [-0.05, 0) is 51.4 Å². The summed E-state index contributed by atoms with van der Waals surface area (Å²) in [5.41, 5.74) is 0. The molecule has 3 heterocycles. The van der Waals surface area contributed by atoms with E-state index in [1.54, 1.807) is 12.1 Å². The van der Waals surface area contributed by atoms with Crippen LogP contribution in [0.15, 0.2) is 16.5 Å². The lowest BCUT2D eigenvalue weighted by molar-refractivity contribution is -0.119. The van der Waals surface area contributed by atoms with E-state index in [9.17, 15) is 9.59 Å². The molecule has 126 valence electrons. The molecule has 6 heteroatoms. The number of furan rings is 1. The van der Waals surface area contributed by atoms with E-state index in [1.165, 1.54) is 13.3 Å². The van der Waals surface area contributed by atoms with Gasteiger partial charge in [-0.3, -0.25) is 9.59 Å². The first-order valence-electron chi connectivity index (χ1n) is 8.40. The summed E-state index contributed by atoms with van der Waals surface area (Å²) < 4.78 is 5.63.